The zero-order chi connectivity index (χ0) is 10.6. The maximum Gasteiger partial charge on any atom is 0.340 e. The van der Waals surface area contributed by atoms with Gasteiger partial charge in [0.1, 0.15) is 11.8 Å². The molecule has 1 rings (SSSR count). The molecule has 0 unspecified atom stereocenters. The quantitative estimate of drug-likeness (QED) is 0.577. The fraction of sp³-hybridized carbons (Fsp3) is 0.333. The first kappa shape index (κ1) is 10.9. The van der Waals surface area contributed by atoms with Crippen molar-refractivity contribution in [1.82, 2.24) is 4.98 Å². The van der Waals surface area contributed by atoms with Crippen LogP contribution in [0.5, 0.6) is 0 Å². The lowest BCUT2D eigenvalue weighted by atomic mass is 10.2. The van der Waals surface area contributed by atoms with E-state index in [9.17, 15) is 9.18 Å². The average Bonchev–Trinajstić information content (AvgIpc) is 2.17. The number of hydrogen-bond donors (Lipinski definition) is 0. The Morgan fingerprint density at radius 1 is 1.64 bits per heavy atom. The van der Waals surface area contributed by atoms with Crippen molar-refractivity contribution in [3.8, 4) is 0 Å². The largest absolute Gasteiger partial charge is 0.462 e. The molecule has 0 aromatic carbocycles. The van der Waals surface area contributed by atoms with Crippen LogP contribution in [-0.2, 0) is 11.4 Å². The van der Waals surface area contributed by atoms with Crippen molar-refractivity contribution in [1.29, 1.82) is 0 Å². The summed E-state index contributed by atoms with van der Waals surface area (Å²) in [5.41, 5.74) is 0.134. The van der Waals surface area contributed by atoms with Crippen molar-refractivity contribution >= 4 is 17.6 Å². The molecule has 14 heavy (non-hydrogen) atoms. The minimum atomic E-state index is -0.839. The van der Waals surface area contributed by atoms with Crippen molar-refractivity contribution in [2.75, 3.05) is 6.61 Å². The van der Waals surface area contributed by atoms with Crippen LogP contribution in [0.15, 0.2) is 12.1 Å². The Labute approximate surface area is 85.9 Å². The minimum absolute atomic E-state index is 0.0101. The molecule has 0 aliphatic heterocycles. The fourth-order valence-corrected chi connectivity index (χ4v) is 1.14. The van der Waals surface area contributed by atoms with Crippen molar-refractivity contribution < 1.29 is 13.9 Å². The van der Waals surface area contributed by atoms with E-state index in [1.807, 2.05) is 0 Å². The smallest absolute Gasteiger partial charge is 0.340 e. The van der Waals surface area contributed by atoms with Gasteiger partial charge >= 0.3 is 5.97 Å². The molecule has 0 saturated carbocycles. The van der Waals surface area contributed by atoms with Gasteiger partial charge < -0.3 is 4.74 Å². The predicted molar refractivity (Wildman–Crippen MR) is 50.0 cm³/mol. The Morgan fingerprint density at radius 3 is 2.93 bits per heavy atom. The molecule has 0 N–H and O–H groups in total. The molecule has 3 nitrogen and oxygen atoms in total. The standard InChI is InChI=1S/C9H9ClFNO2/c1-2-14-9(13)6-3-4-8(10)12-7(6)5-11/h3-4H,2,5H2,1H3. The van der Waals surface area contributed by atoms with Gasteiger partial charge in [0.25, 0.3) is 0 Å². The van der Waals surface area contributed by atoms with E-state index >= 15 is 0 Å². The molecule has 1 aromatic rings. The third kappa shape index (κ3) is 2.42. The van der Waals surface area contributed by atoms with Crippen LogP contribution < -0.4 is 0 Å². The third-order valence-corrected chi connectivity index (χ3v) is 1.77. The highest BCUT2D eigenvalue weighted by Crippen LogP contribution is 2.13. The lowest BCUT2D eigenvalue weighted by Gasteiger charge is -2.04. The molecular formula is C9H9ClFNO2. The predicted octanol–water partition coefficient (Wildman–Crippen LogP) is 2.38. The SMILES string of the molecule is CCOC(=O)c1ccc(Cl)nc1CF. The summed E-state index contributed by atoms with van der Waals surface area (Å²) in [6.45, 7) is 1.08. The molecule has 0 saturated heterocycles. The summed E-state index contributed by atoms with van der Waals surface area (Å²) in [5.74, 6) is -0.579. The lowest BCUT2D eigenvalue weighted by molar-refractivity contribution is 0.0523. The zero-order valence-corrected chi connectivity index (χ0v) is 8.34. The molecule has 0 amide bonds. The highest BCUT2D eigenvalue weighted by Gasteiger charge is 2.13. The topological polar surface area (TPSA) is 39.2 Å². The number of aromatic nitrogens is 1. The van der Waals surface area contributed by atoms with Gasteiger partial charge in [0, 0.05) is 0 Å². The second-order valence-electron chi connectivity index (χ2n) is 2.48. The molecular weight excluding hydrogens is 209 g/mol. The number of esters is 1. The summed E-state index contributed by atoms with van der Waals surface area (Å²) in [6, 6.07) is 2.83. The molecule has 1 heterocycles. The number of pyridine rings is 1. The Morgan fingerprint density at radius 2 is 2.36 bits per heavy atom. The molecule has 0 bridgehead atoms. The van der Waals surface area contributed by atoms with Crippen LogP contribution in [-0.4, -0.2) is 17.6 Å². The molecule has 0 aliphatic carbocycles. The Balaban J connectivity index is 3.01. The third-order valence-electron chi connectivity index (χ3n) is 1.56. The van der Waals surface area contributed by atoms with Crippen molar-refractivity contribution in [3.05, 3.63) is 28.5 Å². The fourth-order valence-electron chi connectivity index (χ4n) is 0.971. The van der Waals surface area contributed by atoms with Gasteiger partial charge in [0.2, 0.25) is 0 Å². The molecule has 0 spiro atoms. The van der Waals surface area contributed by atoms with Crippen LogP contribution in [0.3, 0.4) is 0 Å². The van der Waals surface area contributed by atoms with Gasteiger partial charge in [-0.25, -0.2) is 14.2 Å². The average molecular weight is 218 g/mol. The van der Waals surface area contributed by atoms with Gasteiger partial charge in [0.15, 0.2) is 0 Å². The number of alkyl halides is 1. The molecule has 76 valence electrons. The van der Waals surface area contributed by atoms with Crippen LogP contribution in [0.4, 0.5) is 4.39 Å². The van der Waals surface area contributed by atoms with Gasteiger partial charge in [-0.1, -0.05) is 11.6 Å². The number of nitrogens with zero attached hydrogens (tertiary/aromatic N) is 1. The van der Waals surface area contributed by atoms with E-state index in [1.54, 1.807) is 6.92 Å². The Hall–Kier alpha value is -1.16. The first-order valence-electron chi connectivity index (χ1n) is 4.07. The highest BCUT2D eigenvalue weighted by atomic mass is 35.5. The molecule has 5 heteroatoms. The highest BCUT2D eigenvalue weighted by molar-refractivity contribution is 6.29. The van der Waals surface area contributed by atoms with E-state index in [0.717, 1.165) is 0 Å². The summed E-state index contributed by atoms with van der Waals surface area (Å²) >= 11 is 5.55. The lowest BCUT2D eigenvalue weighted by Crippen LogP contribution is -2.08. The zero-order valence-electron chi connectivity index (χ0n) is 7.59. The number of rotatable bonds is 3. The van der Waals surface area contributed by atoms with E-state index in [1.165, 1.54) is 12.1 Å². The van der Waals surface area contributed by atoms with Crippen LogP contribution in [0.2, 0.25) is 5.15 Å². The van der Waals surface area contributed by atoms with Crippen molar-refractivity contribution in [2.45, 2.75) is 13.6 Å². The van der Waals surface area contributed by atoms with Gasteiger partial charge in [-0.15, -0.1) is 0 Å². The Kier molecular flexibility index (Phi) is 3.83. The first-order chi connectivity index (χ1) is 6.69. The van der Waals surface area contributed by atoms with Crippen molar-refractivity contribution in [2.24, 2.45) is 0 Å². The number of carbonyl (C=O) groups is 1. The van der Waals surface area contributed by atoms with Crippen LogP contribution in [0.1, 0.15) is 23.0 Å². The van der Waals surface area contributed by atoms with Gasteiger partial charge in [0.05, 0.1) is 17.9 Å². The minimum Gasteiger partial charge on any atom is -0.462 e. The van der Waals surface area contributed by atoms with Gasteiger partial charge in [-0.2, -0.15) is 0 Å². The molecule has 0 aliphatic rings. The maximum absolute atomic E-state index is 12.4. The second-order valence-corrected chi connectivity index (χ2v) is 2.87. The monoisotopic (exact) mass is 217 g/mol. The number of carbonyl (C=O) groups excluding carboxylic acids is 1. The van der Waals surface area contributed by atoms with E-state index in [-0.39, 0.29) is 23.0 Å². The first-order valence-corrected chi connectivity index (χ1v) is 4.45. The number of hydrogen-bond acceptors (Lipinski definition) is 3. The summed E-state index contributed by atoms with van der Waals surface area (Å²) in [5, 5.41) is 0.158. The maximum atomic E-state index is 12.4. The summed E-state index contributed by atoms with van der Waals surface area (Å²) in [6.07, 6.45) is 0. The Bertz CT molecular complexity index is 344. The number of ether oxygens (including phenoxy) is 1. The molecule has 0 fully saturated rings. The molecule has 1 aromatic heterocycles. The van der Waals surface area contributed by atoms with E-state index in [0.29, 0.717) is 0 Å². The number of halogens is 2. The van der Waals surface area contributed by atoms with E-state index < -0.39 is 12.6 Å². The van der Waals surface area contributed by atoms with Crippen LogP contribution in [0.25, 0.3) is 0 Å². The molecule has 0 atom stereocenters. The second kappa shape index (κ2) is 4.91. The van der Waals surface area contributed by atoms with E-state index in [2.05, 4.69) is 4.98 Å². The van der Waals surface area contributed by atoms with Gasteiger partial charge in [-0.3, -0.25) is 0 Å². The van der Waals surface area contributed by atoms with Gasteiger partial charge in [-0.05, 0) is 19.1 Å². The van der Waals surface area contributed by atoms with Crippen LogP contribution in [0, 0.1) is 0 Å². The summed E-state index contributed by atoms with van der Waals surface area (Å²) in [4.78, 5) is 14.9. The van der Waals surface area contributed by atoms with E-state index in [4.69, 9.17) is 16.3 Å². The molecule has 0 radical (unpaired) electrons. The normalized spacial score (nSPS) is 9.93. The summed E-state index contributed by atoms with van der Waals surface area (Å²) in [7, 11) is 0. The summed E-state index contributed by atoms with van der Waals surface area (Å²) < 4.78 is 17.2. The van der Waals surface area contributed by atoms with Crippen molar-refractivity contribution in [3.63, 3.8) is 0 Å². The van der Waals surface area contributed by atoms with Crippen LogP contribution >= 0.6 is 11.6 Å².